The number of esters is 1. The van der Waals surface area contributed by atoms with Crippen molar-refractivity contribution in [1.82, 2.24) is 0 Å². The summed E-state index contributed by atoms with van der Waals surface area (Å²) < 4.78 is 5.17. The third-order valence-corrected chi connectivity index (χ3v) is 3.33. The van der Waals surface area contributed by atoms with Crippen molar-refractivity contribution < 1.29 is 9.53 Å². The van der Waals surface area contributed by atoms with Gasteiger partial charge in [0.1, 0.15) is 18.3 Å². The zero-order valence-electron chi connectivity index (χ0n) is 9.88. The summed E-state index contributed by atoms with van der Waals surface area (Å²) in [5.41, 5.74) is 2.06. The summed E-state index contributed by atoms with van der Waals surface area (Å²) in [5.74, 6) is 0.442. The molecule has 0 aliphatic rings. The standard InChI is InChI=1S/C12H17O2S/c1-8-6-11(15(4)5)7-9(2)12(8)14-10(3)13/h6-7H,1-5H3/q+1. The average molecular weight is 225 g/mol. The Morgan fingerprint density at radius 3 is 2.00 bits per heavy atom. The molecule has 0 bridgehead atoms. The molecule has 0 atom stereocenters. The van der Waals surface area contributed by atoms with Crippen molar-refractivity contribution in [2.24, 2.45) is 0 Å². The predicted octanol–water partition coefficient (Wildman–Crippen LogP) is 2.47. The van der Waals surface area contributed by atoms with Gasteiger partial charge in [0.2, 0.25) is 0 Å². The molecule has 82 valence electrons. The van der Waals surface area contributed by atoms with E-state index in [2.05, 4.69) is 24.6 Å². The van der Waals surface area contributed by atoms with Crippen LogP contribution in [0.5, 0.6) is 5.75 Å². The minimum Gasteiger partial charge on any atom is -0.426 e. The van der Waals surface area contributed by atoms with Crippen molar-refractivity contribution in [3.05, 3.63) is 23.3 Å². The van der Waals surface area contributed by atoms with E-state index in [1.807, 2.05) is 13.8 Å². The molecule has 0 aliphatic heterocycles. The molecule has 0 amide bonds. The molecule has 2 nitrogen and oxygen atoms in total. The van der Waals surface area contributed by atoms with Crippen LogP contribution in [-0.2, 0) is 15.7 Å². The summed E-state index contributed by atoms with van der Waals surface area (Å²) in [6.07, 6.45) is 4.36. The summed E-state index contributed by atoms with van der Waals surface area (Å²) >= 11 is 0. The van der Waals surface area contributed by atoms with E-state index < -0.39 is 0 Å². The number of benzene rings is 1. The van der Waals surface area contributed by atoms with Crippen LogP contribution in [0, 0.1) is 13.8 Å². The molecule has 0 heterocycles. The highest BCUT2D eigenvalue weighted by atomic mass is 32.2. The molecule has 0 N–H and O–H groups in total. The zero-order valence-corrected chi connectivity index (χ0v) is 10.7. The SMILES string of the molecule is CC(=O)Oc1c(C)cc([S+](C)C)cc1C. The minimum atomic E-state index is -0.263. The molecule has 0 aliphatic carbocycles. The molecule has 3 heteroatoms. The van der Waals surface area contributed by atoms with E-state index in [0.717, 1.165) is 11.1 Å². The Labute approximate surface area is 94.0 Å². The number of hydrogen-bond donors (Lipinski definition) is 0. The summed E-state index contributed by atoms with van der Waals surface area (Å²) in [7, 11) is 0.239. The maximum Gasteiger partial charge on any atom is 0.308 e. The highest BCUT2D eigenvalue weighted by Gasteiger charge is 2.14. The summed E-state index contributed by atoms with van der Waals surface area (Å²) in [4.78, 5) is 12.2. The predicted molar refractivity (Wildman–Crippen MR) is 64.7 cm³/mol. The van der Waals surface area contributed by atoms with Gasteiger partial charge in [-0.15, -0.1) is 0 Å². The number of carbonyl (C=O) groups is 1. The first-order valence-electron chi connectivity index (χ1n) is 4.79. The van der Waals surface area contributed by atoms with Gasteiger partial charge >= 0.3 is 5.97 Å². The van der Waals surface area contributed by atoms with Gasteiger partial charge in [0, 0.05) is 17.8 Å². The Hall–Kier alpha value is -0.960. The number of hydrogen-bond acceptors (Lipinski definition) is 2. The van der Waals surface area contributed by atoms with Crippen LogP contribution in [0.25, 0.3) is 0 Å². The minimum absolute atomic E-state index is 0.239. The molecular weight excluding hydrogens is 208 g/mol. The quantitative estimate of drug-likeness (QED) is 0.439. The van der Waals surface area contributed by atoms with Crippen LogP contribution in [0.3, 0.4) is 0 Å². The summed E-state index contributed by atoms with van der Waals surface area (Å²) in [6.45, 7) is 5.38. The first-order chi connectivity index (χ1) is 6.91. The number of aryl methyl sites for hydroxylation is 2. The molecule has 0 fully saturated rings. The lowest BCUT2D eigenvalue weighted by Gasteiger charge is -2.09. The molecule has 0 saturated carbocycles. The van der Waals surface area contributed by atoms with Crippen LogP contribution in [0.15, 0.2) is 17.0 Å². The topological polar surface area (TPSA) is 26.3 Å². The first-order valence-corrected chi connectivity index (χ1v) is 6.83. The third kappa shape index (κ3) is 2.99. The van der Waals surface area contributed by atoms with Crippen molar-refractivity contribution in [2.45, 2.75) is 25.7 Å². The fourth-order valence-electron chi connectivity index (χ4n) is 1.45. The molecule has 1 rings (SSSR count). The Morgan fingerprint density at radius 1 is 1.20 bits per heavy atom. The molecule has 0 unspecified atom stereocenters. The van der Waals surface area contributed by atoms with Crippen molar-refractivity contribution in [1.29, 1.82) is 0 Å². The van der Waals surface area contributed by atoms with Gasteiger partial charge < -0.3 is 4.74 Å². The second-order valence-electron chi connectivity index (χ2n) is 3.80. The molecule has 1 aromatic carbocycles. The van der Waals surface area contributed by atoms with Gasteiger partial charge in [0.15, 0.2) is 4.90 Å². The van der Waals surface area contributed by atoms with Gasteiger partial charge in [-0.25, -0.2) is 0 Å². The average Bonchev–Trinajstić information content (AvgIpc) is 2.10. The Morgan fingerprint density at radius 2 is 1.67 bits per heavy atom. The van der Waals surface area contributed by atoms with E-state index in [-0.39, 0.29) is 16.9 Å². The fraction of sp³-hybridized carbons (Fsp3) is 0.417. The van der Waals surface area contributed by atoms with E-state index in [1.54, 1.807) is 0 Å². The summed E-state index contributed by atoms with van der Waals surface area (Å²) in [5, 5.41) is 0. The van der Waals surface area contributed by atoms with E-state index in [1.165, 1.54) is 11.8 Å². The summed E-state index contributed by atoms with van der Waals surface area (Å²) in [6, 6.07) is 4.18. The van der Waals surface area contributed by atoms with Crippen LogP contribution in [0.4, 0.5) is 0 Å². The largest absolute Gasteiger partial charge is 0.426 e. The van der Waals surface area contributed by atoms with Crippen LogP contribution in [-0.4, -0.2) is 18.5 Å². The molecule has 0 aromatic heterocycles. The van der Waals surface area contributed by atoms with Crippen molar-refractivity contribution in [2.75, 3.05) is 12.5 Å². The number of carbonyl (C=O) groups excluding carboxylic acids is 1. The van der Waals surface area contributed by atoms with Crippen molar-refractivity contribution in [3.63, 3.8) is 0 Å². The monoisotopic (exact) mass is 225 g/mol. The molecule has 0 radical (unpaired) electrons. The Bertz CT molecular complexity index is 360. The van der Waals surface area contributed by atoms with E-state index in [4.69, 9.17) is 4.74 Å². The normalized spacial score (nSPS) is 10.5. The third-order valence-electron chi connectivity index (χ3n) is 2.15. The lowest BCUT2D eigenvalue weighted by atomic mass is 10.1. The van der Waals surface area contributed by atoms with Crippen molar-refractivity contribution in [3.8, 4) is 5.75 Å². The molecule has 0 saturated heterocycles. The fourth-order valence-corrected chi connectivity index (χ4v) is 2.28. The number of rotatable bonds is 2. The van der Waals surface area contributed by atoms with Crippen molar-refractivity contribution >= 4 is 16.9 Å². The van der Waals surface area contributed by atoms with Crippen LogP contribution in [0.1, 0.15) is 18.1 Å². The maximum absolute atomic E-state index is 10.9. The lowest BCUT2D eigenvalue weighted by molar-refractivity contribution is -0.131. The lowest BCUT2D eigenvalue weighted by Crippen LogP contribution is -2.06. The van der Waals surface area contributed by atoms with Gasteiger partial charge in [-0.05, 0) is 37.1 Å². The van der Waals surface area contributed by atoms with Gasteiger partial charge in [-0.2, -0.15) is 0 Å². The molecule has 1 aromatic rings. The maximum atomic E-state index is 10.9. The second kappa shape index (κ2) is 4.71. The first kappa shape index (κ1) is 12.1. The highest BCUT2D eigenvalue weighted by Crippen LogP contribution is 2.26. The van der Waals surface area contributed by atoms with E-state index in [0.29, 0.717) is 5.75 Å². The smallest absolute Gasteiger partial charge is 0.308 e. The van der Waals surface area contributed by atoms with E-state index in [9.17, 15) is 4.79 Å². The van der Waals surface area contributed by atoms with Gasteiger partial charge in [-0.1, -0.05) is 0 Å². The Kier molecular flexibility index (Phi) is 3.80. The molecule has 15 heavy (non-hydrogen) atoms. The van der Waals surface area contributed by atoms with Crippen LogP contribution >= 0.6 is 0 Å². The second-order valence-corrected chi connectivity index (χ2v) is 5.90. The van der Waals surface area contributed by atoms with Crippen LogP contribution < -0.4 is 4.74 Å². The number of ether oxygens (including phenoxy) is 1. The van der Waals surface area contributed by atoms with Gasteiger partial charge in [0.05, 0.1) is 0 Å². The molecule has 0 spiro atoms. The van der Waals surface area contributed by atoms with Gasteiger partial charge in [0.25, 0.3) is 0 Å². The Balaban J connectivity index is 3.15. The van der Waals surface area contributed by atoms with Gasteiger partial charge in [-0.3, -0.25) is 4.79 Å². The van der Waals surface area contributed by atoms with E-state index >= 15 is 0 Å². The highest BCUT2D eigenvalue weighted by molar-refractivity contribution is 7.95. The zero-order chi connectivity index (χ0) is 11.6. The van der Waals surface area contributed by atoms with Crippen LogP contribution in [0.2, 0.25) is 0 Å². The molecular formula is C12H17O2S+.